The predicted octanol–water partition coefficient (Wildman–Crippen LogP) is 2.86. The molecule has 2 heterocycles. The lowest BCUT2D eigenvalue weighted by molar-refractivity contribution is -0.127. The summed E-state index contributed by atoms with van der Waals surface area (Å²) < 4.78 is 0. The van der Waals surface area contributed by atoms with Crippen molar-refractivity contribution in [1.82, 2.24) is 5.32 Å². The number of anilines is 1. The topological polar surface area (TPSA) is 41.1 Å². The zero-order valence-electron chi connectivity index (χ0n) is 10.3. The van der Waals surface area contributed by atoms with Gasteiger partial charge in [0.15, 0.2) is 0 Å². The van der Waals surface area contributed by atoms with Crippen molar-refractivity contribution < 1.29 is 4.79 Å². The summed E-state index contributed by atoms with van der Waals surface area (Å²) >= 11 is 1.61. The Kier molecular flexibility index (Phi) is 4.18. The Labute approximate surface area is 107 Å². The van der Waals surface area contributed by atoms with Crippen molar-refractivity contribution in [3.05, 3.63) is 16.8 Å². The summed E-state index contributed by atoms with van der Waals surface area (Å²) in [6.07, 6.45) is 3.97. The van der Waals surface area contributed by atoms with Crippen molar-refractivity contribution in [3.63, 3.8) is 0 Å². The first-order valence-corrected chi connectivity index (χ1v) is 7.25. The molecule has 2 N–H and O–H groups in total. The largest absolute Gasteiger partial charge is 0.325 e. The summed E-state index contributed by atoms with van der Waals surface area (Å²) in [7, 11) is 0. The van der Waals surface area contributed by atoms with Gasteiger partial charge in [-0.1, -0.05) is 13.3 Å². The van der Waals surface area contributed by atoms with E-state index in [1.165, 1.54) is 0 Å². The molecule has 1 aliphatic heterocycles. The van der Waals surface area contributed by atoms with Crippen LogP contribution in [0.25, 0.3) is 0 Å². The van der Waals surface area contributed by atoms with E-state index >= 15 is 0 Å². The number of nitrogens with one attached hydrogen (secondary N) is 2. The van der Waals surface area contributed by atoms with Gasteiger partial charge in [-0.3, -0.25) is 4.79 Å². The van der Waals surface area contributed by atoms with Crippen LogP contribution in [0.5, 0.6) is 0 Å². The van der Waals surface area contributed by atoms with Gasteiger partial charge in [0.05, 0.1) is 11.1 Å². The van der Waals surface area contributed by atoms with Gasteiger partial charge in [-0.15, -0.1) is 0 Å². The molecule has 17 heavy (non-hydrogen) atoms. The van der Waals surface area contributed by atoms with E-state index in [-0.39, 0.29) is 11.3 Å². The molecule has 0 radical (unpaired) electrons. The minimum absolute atomic E-state index is 0.151. The van der Waals surface area contributed by atoms with Crippen LogP contribution in [0.1, 0.15) is 32.6 Å². The lowest BCUT2D eigenvalue weighted by Crippen LogP contribution is -2.44. The van der Waals surface area contributed by atoms with E-state index in [4.69, 9.17) is 0 Å². The Morgan fingerprint density at radius 1 is 1.53 bits per heavy atom. The van der Waals surface area contributed by atoms with Crippen molar-refractivity contribution in [2.24, 2.45) is 5.41 Å². The highest BCUT2D eigenvalue weighted by Gasteiger charge is 2.38. The van der Waals surface area contributed by atoms with Gasteiger partial charge in [-0.05, 0) is 43.8 Å². The van der Waals surface area contributed by atoms with Gasteiger partial charge in [0.2, 0.25) is 5.91 Å². The average Bonchev–Trinajstić information content (AvgIpc) is 2.83. The molecular formula is C13H20N2OS. The first-order chi connectivity index (χ1) is 8.27. The molecule has 0 aliphatic carbocycles. The summed E-state index contributed by atoms with van der Waals surface area (Å²) in [5, 5.41) is 10.4. The molecule has 3 nitrogen and oxygen atoms in total. The van der Waals surface area contributed by atoms with Crippen molar-refractivity contribution in [2.75, 3.05) is 18.4 Å². The Morgan fingerprint density at radius 3 is 2.88 bits per heavy atom. The molecule has 94 valence electrons. The van der Waals surface area contributed by atoms with Crippen LogP contribution in [-0.2, 0) is 4.79 Å². The summed E-state index contributed by atoms with van der Waals surface area (Å²) in [5.74, 6) is 0.208. The quantitative estimate of drug-likeness (QED) is 0.865. The molecule has 0 aromatic carbocycles. The van der Waals surface area contributed by atoms with E-state index < -0.39 is 0 Å². The van der Waals surface area contributed by atoms with Crippen LogP contribution in [0.15, 0.2) is 16.8 Å². The molecule has 4 heteroatoms. The van der Waals surface area contributed by atoms with Crippen LogP contribution in [0.3, 0.4) is 0 Å². The fourth-order valence-electron chi connectivity index (χ4n) is 2.57. The first-order valence-electron chi connectivity index (χ1n) is 6.31. The van der Waals surface area contributed by atoms with Crippen molar-refractivity contribution in [3.8, 4) is 0 Å². The molecule has 1 amide bonds. The molecule has 0 spiro atoms. The third kappa shape index (κ3) is 2.87. The van der Waals surface area contributed by atoms with Gasteiger partial charge < -0.3 is 10.6 Å². The summed E-state index contributed by atoms with van der Waals surface area (Å²) in [5.41, 5.74) is 0.788. The maximum absolute atomic E-state index is 12.4. The molecule has 1 fully saturated rings. The van der Waals surface area contributed by atoms with E-state index in [0.717, 1.165) is 44.5 Å². The SMILES string of the molecule is CCCC1(C(=O)Nc2ccsc2)CCNCC1. The normalized spacial score (nSPS) is 18.9. The van der Waals surface area contributed by atoms with Gasteiger partial charge in [0.25, 0.3) is 0 Å². The third-order valence-corrected chi connectivity index (χ3v) is 4.23. The molecule has 1 saturated heterocycles. The second-order valence-electron chi connectivity index (χ2n) is 4.75. The second-order valence-corrected chi connectivity index (χ2v) is 5.53. The number of rotatable bonds is 4. The molecule has 0 unspecified atom stereocenters. The average molecular weight is 252 g/mol. The van der Waals surface area contributed by atoms with Gasteiger partial charge in [-0.25, -0.2) is 0 Å². The van der Waals surface area contributed by atoms with Crippen molar-refractivity contribution >= 4 is 22.9 Å². The van der Waals surface area contributed by atoms with E-state index in [1.54, 1.807) is 11.3 Å². The standard InChI is InChI=1S/C13H20N2OS/c1-2-4-13(5-7-14-8-6-13)12(16)15-11-3-9-17-10-11/h3,9-10,14H,2,4-8H2,1H3,(H,15,16). The predicted molar refractivity (Wildman–Crippen MR) is 72.4 cm³/mol. The van der Waals surface area contributed by atoms with E-state index in [0.29, 0.717) is 0 Å². The molecule has 1 aromatic heterocycles. The zero-order valence-corrected chi connectivity index (χ0v) is 11.1. The summed E-state index contributed by atoms with van der Waals surface area (Å²) in [4.78, 5) is 12.4. The van der Waals surface area contributed by atoms with Crippen molar-refractivity contribution in [2.45, 2.75) is 32.6 Å². The van der Waals surface area contributed by atoms with Crippen LogP contribution in [-0.4, -0.2) is 19.0 Å². The number of carbonyl (C=O) groups is 1. The Hall–Kier alpha value is -0.870. The number of carbonyl (C=O) groups excluding carboxylic acids is 1. The second kappa shape index (κ2) is 5.65. The van der Waals surface area contributed by atoms with Gasteiger partial charge in [-0.2, -0.15) is 11.3 Å². The van der Waals surface area contributed by atoms with Crippen LogP contribution in [0.2, 0.25) is 0 Å². The molecule has 1 aliphatic rings. The third-order valence-electron chi connectivity index (χ3n) is 3.55. The zero-order chi connectivity index (χ0) is 12.1. The Morgan fingerprint density at radius 2 is 2.29 bits per heavy atom. The lowest BCUT2D eigenvalue weighted by atomic mass is 9.74. The fraction of sp³-hybridized carbons (Fsp3) is 0.615. The Bertz CT molecular complexity index is 350. The van der Waals surface area contributed by atoms with Crippen molar-refractivity contribution in [1.29, 1.82) is 0 Å². The van der Waals surface area contributed by atoms with Gasteiger partial charge >= 0.3 is 0 Å². The molecule has 2 rings (SSSR count). The highest BCUT2D eigenvalue weighted by atomic mass is 32.1. The van der Waals surface area contributed by atoms with Gasteiger partial charge in [0.1, 0.15) is 0 Å². The number of hydrogen-bond acceptors (Lipinski definition) is 3. The van der Waals surface area contributed by atoms with Crippen LogP contribution < -0.4 is 10.6 Å². The molecule has 0 saturated carbocycles. The maximum atomic E-state index is 12.4. The minimum Gasteiger partial charge on any atom is -0.325 e. The molecule has 1 aromatic rings. The highest BCUT2D eigenvalue weighted by molar-refractivity contribution is 7.08. The highest BCUT2D eigenvalue weighted by Crippen LogP contribution is 2.35. The number of piperidine rings is 1. The Balaban J connectivity index is 2.06. The number of hydrogen-bond donors (Lipinski definition) is 2. The molecule has 0 atom stereocenters. The van der Waals surface area contributed by atoms with Crippen LogP contribution >= 0.6 is 11.3 Å². The fourth-order valence-corrected chi connectivity index (χ4v) is 3.16. The van der Waals surface area contributed by atoms with Crippen LogP contribution in [0.4, 0.5) is 5.69 Å². The molecule has 0 bridgehead atoms. The minimum atomic E-state index is -0.151. The maximum Gasteiger partial charge on any atom is 0.230 e. The van der Waals surface area contributed by atoms with E-state index in [1.807, 2.05) is 16.8 Å². The molecular weight excluding hydrogens is 232 g/mol. The monoisotopic (exact) mass is 252 g/mol. The number of thiophene rings is 1. The lowest BCUT2D eigenvalue weighted by Gasteiger charge is -2.36. The first kappa shape index (κ1) is 12.6. The van der Waals surface area contributed by atoms with E-state index in [2.05, 4.69) is 17.6 Å². The summed E-state index contributed by atoms with van der Waals surface area (Å²) in [6, 6.07) is 1.96. The summed E-state index contributed by atoms with van der Waals surface area (Å²) in [6.45, 7) is 4.07. The van der Waals surface area contributed by atoms with E-state index in [9.17, 15) is 4.79 Å². The van der Waals surface area contributed by atoms with Gasteiger partial charge in [0, 0.05) is 5.38 Å². The smallest absolute Gasteiger partial charge is 0.230 e. The number of amides is 1. The van der Waals surface area contributed by atoms with Crippen LogP contribution in [0, 0.1) is 5.41 Å².